The quantitative estimate of drug-likeness (QED) is 0.671. The minimum Gasteiger partial charge on any atom is -0.381 e. The van der Waals surface area contributed by atoms with Crippen LogP contribution in [0.4, 0.5) is 5.82 Å². The minimum atomic E-state index is 0.405. The number of nitrogens with one attached hydrogen (secondary N) is 1. The van der Waals surface area contributed by atoms with Gasteiger partial charge in [-0.25, -0.2) is 0 Å². The third-order valence-corrected chi connectivity index (χ3v) is 3.12. The maximum absolute atomic E-state index is 5.55. The van der Waals surface area contributed by atoms with Crippen molar-refractivity contribution in [2.45, 2.75) is 13.8 Å². The maximum atomic E-state index is 5.55. The maximum Gasteiger partial charge on any atom is 0.169 e. The Morgan fingerprint density at radius 1 is 1.24 bits per heavy atom. The number of nitrogens with zero attached hydrogens (tertiary/aromatic N) is 1. The number of hydrogen-bond acceptors (Lipinski definition) is 3. The highest BCUT2D eigenvalue weighted by atomic mass is 16.5. The van der Waals surface area contributed by atoms with Gasteiger partial charge in [0.05, 0.1) is 0 Å². The van der Waals surface area contributed by atoms with Crippen molar-refractivity contribution in [2.24, 2.45) is 0 Å². The Hall–Kier alpha value is -2.23. The Morgan fingerprint density at radius 2 is 2.06 bits per heavy atom. The molecule has 86 valence electrons. The number of benzene rings is 1. The number of aromatic amines is 1. The van der Waals surface area contributed by atoms with Crippen LogP contribution in [0.1, 0.15) is 11.3 Å². The average molecular weight is 227 g/mol. The number of hydrogen-bond donors (Lipinski definition) is 2. The van der Waals surface area contributed by atoms with Gasteiger partial charge in [0.15, 0.2) is 11.6 Å². The molecule has 3 aromatic rings. The van der Waals surface area contributed by atoms with Gasteiger partial charge in [-0.3, -0.25) is 0 Å². The Bertz CT molecular complexity index is 694. The molecule has 0 amide bonds. The zero-order valence-corrected chi connectivity index (χ0v) is 9.74. The highest BCUT2D eigenvalue weighted by Gasteiger charge is 2.09. The molecule has 4 nitrogen and oxygen atoms in total. The van der Waals surface area contributed by atoms with Crippen molar-refractivity contribution in [2.75, 3.05) is 5.73 Å². The second kappa shape index (κ2) is 3.38. The lowest BCUT2D eigenvalue weighted by Gasteiger charge is -1.97. The summed E-state index contributed by atoms with van der Waals surface area (Å²) in [5.74, 6) is 1.10. The molecule has 1 aromatic carbocycles. The molecule has 2 aromatic heterocycles. The van der Waals surface area contributed by atoms with E-state index in [2.05, 4.69) is 30.1 Å². The summed E-state index contributed by atoms with van der Waals surface area (Å²) in [5.41, 5.74) is 10.1. The van der Waals surface area contributed by atoms with Crippen LogP contribution in [-0.4, -0.2) is 10.1 Å². The molecule has 17 heavy (non-hydrogen) atoms. The first kappa shape index (κ1) is 9.96. The average Bonchev–Trinajstić information content (AvgIpc) is 2.85. The van der Waals surface area contributed by atoms with Gasteiger partial charge in [-0.2, -0.15) is 0 Å². The van der Waals surface area contributed by atoms with Crippen LogP contribution in [0, 0.1) is 13.8 Å². The van der Waals surface area contributed by atoms with Gasteiger partial charge in [0, 0.05) is 28.2 Å². The SMILES string of the molecule is Cc1[nH]c2ccc(-c3cc(N)no3)cc2c1C. The van der Waals surface area contributed by atoms with E-state index < -0.39 is 0 Å². The monoisotopic (exact) mass is 227 g/mol. The van der Waals surface area contributed by atoms with Crippen LogP contribution < -0.4 is 5.73 Å². The molecule has 3 N–H and O–H groups in total. The van der Waals surface area contributed by atoms with Crippen molar-refractivity contribution >= 4 is 16.7 Å². The summed E-state index contributed by atoms with van der Waals surface area (Å²) < 4.78 is 5.16. The summed E-state index contributed by atoms with van der Waals surface area (Å²) in [4.78, 5) is 3.34. The molecule has 4 heteroatoms. The van der Waals surface area contributed by atoms with E-state index in [0.29, 0.717) is 11.6 Å². The third-order valence-electron chi connectivity index (χ3n) is 3.12. The largest absolute Gasteiger partial charge is 0.381 e. The van der Waals surface area contributed by atoms with Gasteiger partial charge < -0.3 is 15.2 Å². The van der Waals surface area contributed by atoms with Crippen molar-refractivity contribution < 1.29 is 4.52 Å². The lowest BCUT2D eigenvalue weighted by Crippen LogP contribution is -1.80. The molecular formula is C13H13N3O. The standard InChI is InChI=1S/C13H13N3O/c1-7-8(2)15-11-4-3-9(5-10(7)11)12-6-13(14)16-17-12/h3-6,15H,1-2H3,(H2,14,16). The van der Waals surface area contributed by atoms with Crippen molar-refractivity contribution in [1.29, 1.82) is 0 Å². The predicted octanol–water partition coefficient (Wildman–Crippen LogP) is 3.02. The fourth-order valence-electron chi connectivity index (χ4n) is 2.04. The fourth-order valence-corrected chi connectivity index (χ4v) is 2.04. The van der Waals surface area contributed by atoms with E-state index in [1.165, 1.54) is 16.6 Å². The Morgan fingerprint density at radius 3 is 2.76 bits per heavy atom. The highest BCUT2D eigenvalue weighted by Crippen LogP contribution is 2.28. The van der Waals surface area contributed by atoms with Crippen LogP contribution in [0.5, 0.6) is 0 Å². The van der Waals surface area contributed by atoms with Gasteiger partial charge in [0.1, 0.15) is 0 Å². The summed E-state index contributed by atoms with van der Waals surface area (Å²) in [7, 11) is 0. The van der Waals surface area contributed by atoms with Crippen molar-refractivity contribution in [3.63, 3.8) is 0 Å². The number of fused-ring (bicyclic) bond motifs is 1. The van der Waals surface area contributed by atoms with Gasteiger partial charge in [-0.05, 0) is 37.6 Å². The second-order valence-corrected chi connectivity index (χ2v) is 4.25. The number of H-pyrrole nitrogens is 1. The summed E-state index contributed by atoms with van der Waals surface area (Å²) >= 11 is 0. The molecule has 0 unspecified atom stereocenters. The smallest absolute Gasteiger partial charge is 0.169 e. The van der Waals surface area contributed by atoms with Crippen molar-refractivity contribution in [1.82, 2.24) is 10.1 Å². The molecular weight excluding hydrogens is 214 g/mol. The fraction of sp³-hybridized carbons (Fsp3) is 0.154. The molecule has 2 heterocycles. The molecule has 0 spiro atoms. The van der Waals surface area contributed by atoms with Gasteiger partial charge >= 0.3 is 0 Å². The Labute approximate surface area is 98.4 Å². The number of anilines is 1. The third kappa shape index (κ3) is 1.49. The molecule has 0 aliphatic carbocycles. The molecule has 0 bridgehead atoms. The number of nitrogens with two attached hydrogens (primary N) is 1. The molecule has 0 radical (unpaired) electrons. The van der Waals surface area contributed by atoms with Crippen LogP contribution in [0.3, 0.4) is 0 Å². The molecule has 0 saturated carbocycles. The minimum absolute atomic E-state index is 0.405. The summed E-state index contributed by atoms with van der Waals surface area (Å²) in [5, 5.41) is 4.90. The van der Waals surface area contributed by atoms with Gasteiger partial charge in [0.25, 0.3) is 0 Å². The van der Waals surface area contributed by atoms with Crippen molar-refractivity contribution in [3.8, 4) is 11.3 Å². The lowest BCUT2D eigenvalue weighted by atomic mass is 10.1. The van der Waals surface area contributed by atoms with E-state index >= 15 is 0 Å². The number of nitrogen functional groups attached to an aromatic ring is 1. The summed E-state index contributed by atoms with van der Waals surface area (Å²) in [6.07, 6.45) is 0. The molecule has 0 fully saturated rings. The number of rotatable bonds is 1. The van der Waals surface area contributed by atoms with Gasteiger partial charge in [0.2, 0.25) is 0 Å². The van der Waals surface area contributed by atoms with Crippen LogP contribution in [0.2, 0.25) is 0 Å². The predicted molar refractivity (Wildman–Crippen MR) is 67.7 cm³/mol. The number of aryl methyl sites for hydroxylation is 2. The van der Waals surface area contributed by atoms with E-state index in [9.17, 15) is 0 Å². The van der Waals surface area contributed by atoms with E-state index in [1.807, 2.05) is 12.1 Å². The van der Waals surface area contributed by atoms with Crippen LogP contribution in [0.25, 0.3) is 22.2 Å². The lowest BCUT2D eigenvalue weighted by molar-refractivity contribution is 0.436. The van der Waals surface area contributed by atoms with Gasteiger partial charge in [-0.1, -0.05) is 5.16 Å². The highest BCUT2D eigenvalue weighted by molar-refractivity contribution is 5.88. The molecule has 0 saturated heterocycles. The molecule has 0 aliphatic heterocycles. The second-order valence-electron chi connectivity index (χ2n) is 4.25. The summed E-state index contributed by atoms with van der Waals surface area (Å²) in [6, 6.07) is 7.87. The van der Waals surface area contributed by atoms with E-state index in [1.54, 1.807) is 6.07 Å². The Balaban J connectivity index is 2.22. The Kier molecular flexibility index (Phi) is 1.98. The van der Waals surface area contributed by atoms with Gasteiger partial charge in [-0.15, -0.1) is 0 Å². The van der Waals surface area contributed by atoms with Crippen molar-refractivity contribution in [3.05, 3.63) is 35.5 Å². The normalized spacial score (nSPS) is 11.2. The van der Waals surface area contributed by atoms with E-state index in [0.717, 1.165) is 11.1 Å². The van der Waals surface area contributed by atoms with Crippen LogP contribution in [-0.2, 0) is 0 Å². The first-order valence-corrected chi connectivity index (χ1v) is 5.46. The first-order valence-electron chi connectivity index (χ1n) is 5.46. The molecule has 0 atom stereocenters. The van der Waals surface area contributed by atoms with E-state index in [-0.39, 0.29) is 0 Å². The summed E-state index contributed by atoms with van der Waals surface area (Å²) in [6.45, 7) is 4.17. The topological polar surface area (TPSA) is 67.8 Å². The molecule has 0 aliphatic rings. The van der Waals surface area contributed by atoms with Crippen LogP contribution >= 0.6 is 0 Å². The first-order chi connectivity index (χ1) is 8.15. The molecule has 3 rings (SSSR count). The van der Waals surface area contributed by atoms with E-state index in [4.69, 9.17) is 10.3 Å². The van der Waals surface area contributed by atoms with Crippen LogP contribution in [0.15, 0.2) is 28.8 Å². The zero-order chi connectivity index (χ0) is 12.0. The zero-order valence-electron chi connectivity index (χ0n) is 9.74. The number of aromatic nitrogens is 2.